The number of rotatable bonds is 6. The van der Waals surface area contributed by atoms with Crippen molar-refractivity contribution in [1.82, 2.24) is 0 Å². The minimum Gasteiger partial charge on any atom is -0.474 e. The summed E-state index contributed by atoms with van der Waals surface area (Å²) >= 11 is 0. The fourth-order valence-electron chi connectivity index (χ4n) is 3.34. The third-order valence-electron chi connectivity index (χ3n) is 4.88. The summed E-state index contributed by atoms with van der Waals surface area (Å²) in [5, 5.41) is 0. The van der Waals surface area contributed by atoms with Crippen LogP contribution in [0.5, 0.6) is 0 Å². The van der Waals surface area contributed by atoms with Crippen molar-refractivity contribution in [2.24, 2.45) is 0 Å². The predicted molar refractivity (Wildman–Crippen MR) is 106 cm³/mol. The van der Waals surface area contributed by atoms with Crippen molar-refractivity contribution in [3.05, 3.63) is 76.9 Å². The Kier molecular flexibility index (Phi) is 5.82. The van der Waals surface area contributed by atoms with Crippen LogP contribution in [0.2, 0.25) is 0 Å². The molecule has 150 valence electrons. The Labute approximate surface area is 169 Å². The van der Waals surface area contributed by atoms with E-state index in [2.05, 4.69) is 0 Å². The minimum absolute atomic E-state index is 0.117. The van der Waals surface area contributed by atoms with Gasteiger partial charge in [-0.3, -0.25) is 4.79 Å². The number of methoxy groups -OCH3 is 2. The summed E-state index contributed by atoms with van der Waals surface area (Å²) in [5.41, 5.74) is 0.663. The maximum atomic E-state index is 12.8. The van der Waals surface area contributed by atoms with E-state index in [-0.39, 0.29) is 30.0 Å². The molecule has 0 N–H and O–H groups in total. The second kappa shape index (κ2) is 8.31. The topological polar surface area (TPSA) is 78.9 Å². The molecule has 2 aromatic rings. The normalized spacial score (nSPS) is 18.2. The molecule has 0 radical (unpaired) electrons. The van der Waals surface area contributed by atoms with Crippen molar-refractivity contribution < 1.29 is 28.6 Å². The van der Waals surface area contributed by atoms with E-state index in [1.165, 1.54) is 14.2 Å². The van der Waals surface area contributed by atoms with Crippen molar-refractivity contribution >= 4 is 23.5 Å². The highest BCUT2D eigenvalue weighted by Gasteiger charge is 2.52. The Balaban J connectivity index is 2.01. The standard InChI is InChI=1S/C23H22O6/c1-15-9-11-17(12-10-15)20-18(21(25)27-2)13-23(29-20,22(26)28-3)14-19(24)16-7-5-4-6-8-16/h4-12H,13-14H2,1-3H3. The molecule has 3 rings (SSSR count). The molecule has 0 amide bonds. The number of ketones is 1. The van der Waals surface area contributed by atoms with E-state index in [1.807, 2.05) is 19.1 Å². The van der Waals surface area contributed by atoms with Crippen LogP contribution >= 0.6 is 0 Å². The van der Waals surface area contributed by atoms with Crippen LogP contribution in [0.1, 0.15) is 34.3 Å². The molecule has 0 spiro atoms. The number of carbonyl (C=O) groups excluding carboxylic acids is 3. The molecular formula is C23H22O6. The molecule has 1 aliphatic rings. The molecule has 0 saturated heterocycles. The first-order valence-electron chi connectivity index (χ1n) is 9.14. The lowest BCUT2D eigenvalue weighted by Crippen LogP contribution is -2.42. The summed E-state index contributed by atoms with van der Waals surface area (Å²) in [6.07, 6.45) is -0.381. The fraction of sp³-hybridized carbons (Fsp3) is 0.261. The van der Waals surface area contributed by atoms with Crippen molar-refractivity contribution in [1.29, 1.82) is 0 Å². The first kappa shape index (κ1) is 20.3. The lowest BCUT2D eigenvalue weighted by atomic mass is 9.89. The average Bonchev–Trinajstić information content (AvgIpc) is 3.14. The Morgan fingerprint density at radius 3 is 2.21 bits per heavy atom. The number of benzene rings is 2. The summed E-state index contributed by atoms with van der Waals surface area (Å²) in [7, 11) is 2.48. The summed E-state index contributed by atoms with van der Waals surface area (Å²) < 4.78 is 15.9. The second-order valence-corrected chi connectivity index (χ2v) is 6.90. The predicted octanol–water partition coefficient (Wildman–Crippen LogP) is 3.48. The van der Waals surface area contributed by atoms with Crippen LogP contribution in [0.3, 0.4) is 0 Å². The third kappa shape index (κ3) is 4.06. The van der Waals surface area contributed by atoms with Gasteiger partial charge in [0.2, 0.25) is 5.60 Å². The van der Waals surface area contributed by atoms with E-state index in [4.69, 9.17) is 14.2 Å². The van der Waals surface area contributed by atoms with Gasteiger partial charge in [0.1, 0.15) is 5.76 Å². The van der Waals surface area contributed by atoms with Crippen LogP contribution in [-0.2, 0) is 23.8 Å². The number of hydrogen-bond acceptors (Lipinski definition) is 6. The highest BCUT2D eigenvalue weighted by Crippen LogP contribution is 2.43. The number of esters is 2. The third-order valence-corrected chi connectivity index (χ3v) is 4.88. The Bertz CT molecular complexity index is 959. The molecule has 29 heavy (non-hydrogen) atoms. The van der Waals surface area contributed by atoms with Crippen LogP contribution in [0.15, 0.2) is 60.2 Å². The molecule has 0 saturated carbocycles. The zero-order valence-electron chi connectivity index (χ0n) is 16.6. The highest BCUT2D eigenvalue weighted by atomic mass is 16.6. The number of carbonyl (C=O) groups is 3. The van der Waals surface area contributed by atoms with Gasteiger partial charge in [-0.05, 0) is 6.92 Å². The monoisotopic (exact) mass is 394 g/mol. The first-order chi connectivity index (χ1) is 13.9. The summed E-state index contributed by atoms with van der Waals surface area (Å²) in [5.74, 6) is -1.39. The molecular weight excluding hydrogens is 372 g/mol. The second-order valence-electron chi connectivity index (χ2n) is 6.90. The smallest absolute Gasteiger partial charge is 0.351 e. The van der Waals surface area contributed by atoms with Crippen LogP contribution in [0, 0.1) is 6.92 Å². The molecule has 1 aliphatic heterocycles. The van der Waals surface area contributed by atoms with Gasteiger partial charge in [-0.1, -0.05) is 60.2 Å². The number of aryl methyl sites for hydroxylation is 1. The van der Waals surface area contributed by atoms with Gasteiger partial charge >= 0.3 is 11.9 Å². The van der Waals surface area contributed by atoms with Gasteiger partial charge in [-0.15, -0.1) is 0 Å². The van der Waals surface area contributed by atoms with Gasteiger partial charge in [-0.2, -0.15) is 0 Å². The molecule has 1 heterocycles. The van der Waals surface area contributed by atoms with Crippen molar-refractivity contribution in [2.75, 3.05) is 14.2 Å². The summed E-state index contributed by atoms with van der Waals surface area (Å²) in [4.78, 5) is 38.0. The van der Waals surface area contributed by atoms with Gasteiger partial charge < -0.3 is 14.2 Å². The number of ether oxygens (including phenoxy) is 3. The van der Waals surface area contributed by atoms with Crippen LogP contribution in [0.4, 0.5) is 0 Å². The van der Waals surface area contributed by atoms with Gasteiger partial charge in [0, 0.05) is 17.5 Å². The van der Waals surface area contributed by atoms with E-state index in [0.717, 1.165) is 5.56 Å². The molecule has 6 nitrogen and oxygen atoms in total. The fourth-order valence-corrected chi connectivity index (χ4v) is 3.34. The Hall–Kier alpha value is -3.41. The largest absolute Gasteiger partial charge is 0.474 e. The first-order valence-corrected chi connectivity index (χ1v) is 9.14. The van der Waals surface area contributed by atoms with Gasteiger partial charge in [-0.25, -0.2) is 9.59 Å². The lowest BCUT2D eigenvalue weighted by Gasteiger charge is -2.26. The molecule has 0 aromatic heterocycles. The quantitative estimate of drug-likeness (QED) is 0.551. The highest BCUT2D eigenvalue weighted by molar-refractivity contribution is 6.04. The SMILES string of the molecule is COC(=O)C1=C(c2ccc(C)cc2)OC(CC(=O)c2ccccc2)(C(=O)OC)C1. The van der Waals surface area contributed by atoms with E-state index >= 15 is 0 Å². The van der Waals surface area contributed by atoms with Crippen LogP contribution < -0.4 is 0 Å². The van der Waals surface area contributed by atoms with E-state index in [1.54, 1.807) is 42.5 Å². The Morgan fingerprint density at radius 2 is 1.62 bits per heavy atom. The maximum absolute atomic E-state index is 12.8. The number of hydrogen-bond donors (Lipinski definition) is 0. The van der Waals surface area contributed by atoms with Gasteiger partial charge in [0.25, 0.3) is 0 Å². The van der Waals surface area contributed by atoms with Gasteiger partial charge in [0.15, 0.2) is 5.78 Å². The summed E-state index contributed by atoms with van der Waals surface area (Å²) in [6.45, 7) is 1.94. The van der Waals surface area contributed by atoms with Crippen molar-refractivity contribution in [2.45, 2.75) is 25.4 Å². The molecule has 2 aromatic carbocycles. The summed E-state index contributed by atoms with van der Waals surface area (Å²) in [6, 6.07) is 15.9. The van der Waals surface area contributed by atoms with E-state index in [0.29, 0.717) is 11.1 Å². The molecule has 0 bridgehead atoms. The Morgan fingerprint density at radius 1 is 0.966 bits per heavy atom. The zero-order valence-corrected chi connectivity index (χ0v) is 16.6. The maximum Gasteiger partial charge on any atom is 0.351 e. The van der Waals surface area contributed by atoms with E-state index < -0.39 is 17.5 Å². The van der Waals surface area contributed by atoms with Crippen LogP contribution in [0.25, 0.3) is 5.76 Å². The zero-order chi connectivity index (χ0) is 21.0. The van der Waals surface area contributed by atoms with E-state index in [9.17, 15) is 14.4 Å². The molecule has 1 unspecified atom stereocenters. The lowest BCUT2D eigenvalue weighted by molar-refractivity contribution is -0.159. The molecule has 0 aliphatic carbocycles. The van der Waals surface area contributed by atoms with Crippen molar-refractivity contribution in [3.8, 4) is 0 Å². The molecule has 6 heteroatoms. The average molecular weight is 394 g/mol. The molecule has 0 fully saturated rings. The van der Waals surface area contributed by atoms with Crippen LogP contribution in [-0.4, -0.2) is 37.5 Å². The van der Waals surface area contributed by atoms with Gasteiger partial charge in [0.05, 0.1) is 26.2 Å². The minimum atomic E-state index is -1.63. The number of Topliss-reactive ketones (excluding diaryl/α,β-unsaturated/α-hetero) is 1. The van der Waals surface area contributed by atoms with Crippen molar-refractivity contribution in [3.63, 3.8) is 0 Å². The molecule has 1 atom stereocenters.